The zero-order chi connectivity index (χ0) is 13.8. The van der Waals surface area contributed by atoms with Gasteiger partial charge in [-0.05, 0) is 31.9 Å². The minimum atomic E-state index is -0.267. The molecule has 0 aliphatic heterocycles. The van der Waals surface area contributed by atoms with Gasteiger partial charge in [-0.1, -0.05) is 35.1 Å². The zero-order valence-corrected chi connectivity index (χ0v) is 12.0. The number of hydrogen-bond acceptors (Lipinski definition) is 4. The van der Waals surface area contributed by atoms with Gasteiger partial charge in [-0.25, -0.2) is 4.79 Å². The van der Waals surface area contributed by atoms with E-state index < -0.39 is 0 Å². The average Bonchev–Trinajstić information content (AvgIpc) is 2.76. The number of urea groups is 1. The van der Waals surface area contributed by atoms with Crippen LogP contribution in [0.3, 0.4) is 0 Å². The number of aryl methyl sites for hydroxylation is 3. The molecule has 0 aliphatic carbocycles. The van der Waals surface area contributed by atoms with E-state index in [9.17, 15) is 4.79 Å². The van der Waals surface area contributed by atoms with Crippen LogP contribution in [0.15, 0.2) is 18.2 Å². The van der Waals surface area contributed by atoms with Gasteiger partial charge >= 0.3 is 6.03 Å². The van der Waals surface area contributed by atoms with Gasteiger partial charge in [0.15, 0.2) is 0 Å². The largest absolute Gasteiger partial charge is 0.334 e. The maximum atomic E-state index is 11.7. The highest BCUT2D eigenvalue weighted by Gasteiger charge is 2.06. The molecule has 0 fully saturated rings. The minimum Gasteiger partial charge on any atom is -0.334 e. The van der Waals surface area contributed by atoms with Crippen molar-refractivity contribution in [2.24, 2.45) is 0 Å². The Balaban J connectivity index is 1.91. The van der Waals surface area contributed by atoms with Crippen LogP contribution in [0, 0.1) is 20.8 Å². The average molecular weight is 276 g/mol. The number of nitrogens with zero attached hydrogens (tertiary/aromatic N) is 2. The third-order valence-corrected chi connectivity index (χ3v) is 3.44. The molecule has 1 heterocycles. The Morgan fingerprint density at radius 3 is 2.74 bits per heavy atom. The fourth-order valence-electron chi connectivity index (χ4n) is 1.65. The Hall–Kier alpha value is -1.95. The van der Waals surface area contributed by atoms with E-state index in [1.165, 1.54) is 16.9 Å². The summed E-state index contributed by atoms with van der Waals surface area (Å²) in [5.74, 6) is 0. The molecule has 0 radical (unpaired) electrons. The molecular formula is C13H16N4OS. The molecule has 0 spiro atoms. The predicted molar refractivity (Wildman–Crippen MR) is 76.4 cm³/mol. The lowest BCUT2D eigenvalue weighted by atomic mass is 10.1. The molecule has 2 N–H and O–H groups in total. The summed E-state index contributed by atoms with van der Waals surface area (Å²) in [6.45, 7) is 6.41. The molecule has 19 heavy (non-hydrogen) atoms. The molecule has 2 amide bonds. The lowest BCUT2D eigenvalue weighted by Crippen LogP contribution is -2.28. The first kappa shape index (κ1) is 13.5. The second kappa shape index (κ2) is 5.79. The lowest BCUT2D eigenvalue weighted by Gasteiger charge is -2.08. The number of carbonyl (C=O) groups is 1. The lowest BCUT2D eigenvalue weighted by molar-refractivity contribution is 0.251. The maximum Gasteiger partial charge on any atom is 0.321 e. The molecule has 6 heteroatoms. The van der Waals surface area contributed by atoms with Crippen LogP contribution in [0.2, 0.25) is 0 Å². The number of nitrogens with one attached hydrogen (secondary N) is 2. The number of amides is 2. The van der Waals surface area contributed by atoms with Crippen LogP contribution in [0.5, 0.6) is 0 Å². The first-order valence-corrected chi connectivity index (χ1v) is 6.77. The molecule has 1 aromatic heterocycles. The van der Waals surface area contributed by atoms with Crippen LogP contribution in [0.4, 0.5) is 9.93 Å². The van der Waals surface area contributed by atoms with E-state index in [2.05, 4.69) is 39.0 Å². The molecule has 5 nitrogen and oxygen atoms in total. The molecule has 2 aromatic rings. The molecule has 2 rings (SSSR count). The van der Waals surface area contributed by atoms with Crippen molar-refractivity contribution in [3.63, 3.8) is 0 Å². The summed E-state index contributed by atoms with van der Waals surface area (Å²) < 4.78 is 0. The Morgan fingerprint density at radius 1 is 1.26 bits per heavy atom. The summed E-state index contributed by atoms with van der Waals surface area (Å²) in [5, 5.41) is 14.5. The number of anilines is 1. The molecule has 0 saturated carbocycles. The SMILES string of the molecule is Cc1ccc(C)c(CNC(=O)Nc2nnc(C)s2)c1. The van der Waals surface area contributed by atoms with Crippen molar-refractivity contribution in [1.82, 2.24) is 15.5 Å². The highest BCUT2D eigenvalue weighted by atomic mass is 32.1. The van der Waals surface area contributed by atoms with Gasteiger partial charge in [-0.2, -0.15) is 0 Å². The van der Waals surface area contributed by atoms with Crippen molar-refractivity contribution in [2.75, 3.05) is 5.32 Å². The van der Waals surface area contributed by atoms with Crippen LogP contribution >= 0.6 is 11.3 Å². The van der Waals surface area contributed by atoms with Gasteiger partial charge in [0, 0.05) is 6.54 Å². The fraction of sp³-hybridized carbons (Fsp3) is 0.308. The van der Waals surface area contributed by atoms with Crippen molar-refractivity contribution in [3.8, 4) is 0 Å². The van der Waals surface area contributed by atoms with Crippen molar-refractivity contribution in [1.29, 1.82) is 0 Å². The van der Waals surface area contributed by atoms with Crippen molar-refractivity contribution in [3.05, 3.63) is 39.9 Å². The van der Waals surface area contributed by atoms with E-state index in [1.807, 2.05) is 20.8 Å². The number of rotatable bonds is 3. The number of benzene rings is 1. The van der Waals surface area contributed by atoms with Crippen molar-refractivity contribution < 1.29 is 4.79 Å². The topological polar surface area (TPSA) is 66.9 Å². The molecule has 0 unspecified atom stereocenters. The molecular weight excluding hydrogens is 260 g/mol. The van der Waals surface area contributed by atoms with E-state index in [0.717, 1.165) is 16.1 Å². The Labute approximate surface area is 116 Å². The van der Waals surface area contributed by atoms with Gasteiger partial charge in [-0.15, -0.1) is 10.2 Å². The van der Waals surface area contributed by atoms with Gasteiger partial charge in [0.2, 0.25) is 5.13 Å². The predicted octanol–water partition coefficient (Wildman–Crippen LogP) is 2.79. The second-order valence-corrected chi connectivity index (χ2v) is 5.55. The van der Waals surface area contributed by atoms with Gasteiger partial charge in [0.05, 0.1) is 0 Å². The third-order valence-electron chi connectivity index (χ3n) is 2.69. The Kier molecular flexibility index (Phi) is 4.11. The van der Waals surface area contributed by atoms with Gasteiger partial charge in [-0.3, -0.25) is 5.32 Å². The zero-order valence-electron chi connectivity index (χ0n) is 11.2. The van der Waals surface area contributed by atoms with Crippen LogP contribution in [0.25, 0.3) is 0 Å². The van der Waals surface area contributed by atoms with Crippen molar-refractivity contribution in [2.45, 2.75) is 27.3 Å². The third kappa shape index (κ3) is 3.75. The maximum absolute atomic E-state index is 11.7. The summed E-state index contributed by atoms with van der Waals surface area (Å²) in [6, 6.07) is 5.92. The molecule has 100 valence electrons. The van der Waals surface area contributed by atoms with Crippen LogP contribution in [0.1, 0.15) is 21.7 Å². The number of carbonyl (C=O) groups excluding carboxylic acids is 1. The standard InChI is InChI=1S/C13H16N4OS/c1-8-4-5-9(2)11(6-8)7-14-12(18)15-13-17-16-10(3)19-13/h4-6H,7H2,1-3H3,(H2,14,15,17,18). The highest BCUT2D eigenvalue weighted by molar-refractivity contribution is 7.15. The van der Waals surface area contributed by atoms with Crippen LogP contribution in [-0.4, -0.2) is 16.2 Å². The summed E-state index contributed by atoms with van der Waals surface area (Å²) in [6.07, 6.45) is 0. The molecule has 0 saturated heterocycles. The van der Waals surface area contributed by atoms with Gasteiger partial charge in [0.25, 0.3) is 0 Å². The summed E-state index contributed by atoms with van der Waals surface area (Å²) in [5.41, 5.74) is 3.46. The summed E-state index contributed by atoms with van der Waals surface area (Å²) in [7, 11) is 0. The molecule has 0 atom stereocenters. The van der Waals surface area contributed by atoms with E-state index in [0.29, 0.717) is 11.7 Å². The fourth-order valence-corrected chi connectivity index (χ4v) is 2.24. The normalized spacial score (nSPS) is 10.3. The van der Waals surface area contributed by atoms with Crippen molar-refractivity contribution >= 4 is 22.5 Å². The van der Waals surface area contributed by atoms with Gasteiger partial charge in [0.1, 0.15) is 5.01 Å². The molecule has 0 bridgehead atoms. The summed E-state index contributed by atoms with van der Waals surface area (Å²) in [4.78, 5) is 11.7. The first-order valence-electron chi connectivity index (χ1n) is 5.95. The van der Waals surface area contributed by atoms with E-state index in [4.69, 9.17) is 0 Å². The smallest absolute Gasteiger partial charge is 0.321 e. The molecule has 0 aliphatic rings. The van der Waals surface area contributed by atoms with Crippen LogP contribution < -0.4 is 10.6 Å². The monoisotopic (exact) mass is 276 g/mol. The highest BCUT2D eigenvalue weighted by Crippen LogP contribution is 2.13. The second-order valence-electron chi connectivity index (χ2n) is 4.36. The van der Waals surface area contributed by atoms with Crippen LogP contribution in [-0.2, 0) is 6.54 Å². The number of aromatic nitrogens is 2. The Morgan fingerprint density at radius 2 is 2.05 bits per heavy atom. The summed E-state index contributed by atoms with van der Waals surface area (Å²) >= 11 is 1.35. The van der Waals surface area contributed by atoms with E-state index in [-0.39, 0.29) is 6.03 Å². The molecule has 1 aromatic carbocycles. The van der Waals surface area contributed by atoms with Gasteiger partial charge < -0.3 is 5.32 Å². The Bertz CT molecular complexity index is 594. The minimum absolute atomic E-state index is 0.267. The number of hydrogen-bond donors (Lipinski definition) is 2. The quantitative estimate of drug-likeness (QED) is 0.906. The first-order chi connectivity index (χ1) is 9.04. The van der Waals surface area contributed by atoms with E-state index in [1.54, 1.807) is 0 Å². The van der Waals surface area contributed by atoms with E-state index >= 15 is 0 Å².